The first-order valence-corrected chi connectivity index (χ1v) is 14.4. The number of carbonyl (C=O) groups excluding carboxylic acids is 2. The van der Waals surface area contributed by atoms with E-state index in [0.29, 0.717) is 51.4 Å². The van der Waals surface area contributed by atoms with Crippen LogP contribution in [0.3, 0.4) is 0 Å². The Balaban J connectivity index is 1.53. The van der Waals surface area contributed by atoms with Crippen LogP contribution in [0.1, 0.15) is 83.1 Å². The molecule has 2 rings (SSSR count). The Morgan fingerprint density at radius 1 is 0.634 bits per heavy atom. The number of ether oxygens (including phenoxy) is 4. The molecule has 0 saturated carbocycles. The molecule has 0 bridgehead atoms. The van der Waals surface area contributed by atoms with Crippen LogP contribution in [-0.4, -0.2) is 61.8 Å². The lowest BCUT2D eigenvalue weighted by molar-refractivity contribution is -0.145. The lowest BCUT2D eigenvalue weighted by atomic mass is 9.78. The van der Waals surface area contributed by atoms with Crippen molar-refractivity contribution in [2.45, 2.75) is 84.5 Å². The summed E-state index contributed by atoms with van der Waals surface area (Å²) in [4.78, 5) is 24.1. The van der Waals surface area contributed by atoms with Crippen molar-refractivity contribution in [2.75, 3.05) is 39.6 Å². The molecule has 41 heavy (non-hydrogen) atoms. The van der Waals surface area contributed by atoms with Crippen LogP contribution < -0.4 is 0 Å². The maximum Gasteiger partial charge on any atom is 0.306 e. The second-order valence-corrected chi connectivity index (χ2v) is 12.2. The Bertz CT molecular complexity index is 1060. The van der Waals surface area contributed by atoms with E-state index in [4.69, 9.17) is 18.9 Å². The summed E-state index contributed by atoms with van der Waals surface area (Å²) in [5, 5.41) is 20.1. The fourth-order valence-electron chi connectivity index (χ4n) is 4.18. The van der Waals surface area contributed by atoms with Gasteiger partial charge in [-0.25, -0.2) is 0 Å². The maximum atomic E-state index is 12.3. The molecule has 0 aliphatic carbocycles. The zero-order chi connectivity index (χ0) is 30.5. The molecule has 0 radical (unpaired) electrons. The van der Waals surface area contributed by atoms with Crippen LogP contribution in [0.2, 0.25) is 0 Å². The van der Waals surface area contributed by atoms with Gasteiger partial charge in [0.15, 0.2) is 0 Å². The van der Waals surface area contributed by atoms with Crippen molar-refractivity contribution in [1.82, 2.24) is 0 Å². The van der Waals surface area contributed by atoms with Gasteiger partial charge in [-0.2, -0.15) is 0 Å². The molecule has 0 aromatic heterocycles. The summed E-state index contributed by atoms with van der Waals surface area (Å²) in [5.74, 6) is -0.0327. The third-order valence-electron chi connectivity index (χ3n) is 6.52. The predicted molar refractivity (Wildman–Crippen MR) is 158 cm³/mol. The van der Waals surface area contributed by atoms with E-state index in [1.54, 1.807) is 24.3 Å². The van der Waals surface area contributed by atoms with Crippen LogP contribution in [0.5, 0.6) is 11.5 Å². The molecule has 0 spiro atoms. The fraction of sp³-hybridized carbons (Fsp3) is 0.576. The lowest BCUT2D eigenvalue weighted by Crippen LogP contribution is -2.18. The van der Waals surface area contributed by atoms with Gasteiger partial charge in [0.05, 0.1) is 13.2 Å². The summed E-state index contributed by atoms with van der Waals surface area (Å²) in [5.41, 5.74) is 3.30. The first-order valence-electron chi connectivity index (χ1n) is 14.4. The third-order valence-corrected chi connectivity index (χ3v) is 6.52. The van der Waals surface area contributed by atoms with Crippen LogP contribution in [0.25, 0.3) is 0 Å². The second kappa shape index (κ2) is 16.4. The van der Waals surface area contributed by atoms with E-state index >= 15 is 0 Å². The summed E-state index contributed by atoms with van der Waals surface area (Å²) >= 11 is 0. The molecule has 228 valence electrons. The lowest BCUT2D eigenvalue weighted by Gasteiger charge is -2.28. The average molecular weight is 573 g/mol. The molecule has 0 amide bonds. The second-order valence-electron chi connectivity index (χ2n) is 12.2. The number of hydrogen-bond donors (Lipinski definition) is 2. The van der Waals surface area contributed by atoms with E-state index in [0.717, 1.165) is 22.3 Å². The monoisotopic (exact) mass is 572 g/mol. The van der Waals surface area contributed by atoms with Gasteiger partial charge in [-0.15, -0.1) is 0 Å². The summed E-state index contributed by atoms with van der Waals surface area (Å²) < 4.78 is 21.4. The van der Waals surface area contributed by atoms with Gasteiger partial charge in [0.25, 0.3) is 0 Å². The Morgan fingerprint density at radius 3 is 1.51 bits per heavy atom. The van der Waals surface area contributed by atoms with Crippen LogP contribution in [0, 0.1) is 0 Å². The van der Waals surface area contributed by atoms with E-state index in [1.807, 2.05) is 12.1 Å². The molecule has 0 fully saturated rings. The van der Waals surface area contributed by atoms with Gasteiger partial charge in [0.2, 0.25) is 0 Å². The zero-order valence-corrected chi connectivity index (χ0v) is 25.6. The van der Waals surface area contributed by atoms with Crippen molar-refractivity contribution in [3.05, 3.63) is 58.7 Å². The van der Waals surface area contributed by atoms with Gasteiger partial charge in [-0.1, -0.05) is 65.8 Å². The number of phenolic OH excluding ortho intramolecular Hbond substituents is 2. The highest BCUT2D eigenvalue weighted by molar-refractivity contribution is 5.70. The maximum absolute atomic E-state index is 12.3. The number of hydrogen-bond acceptors (Lipinski definition) is 8. The number of aromatic hydroxyl groups is 2. The van der Waals surface area contributed by atoms with Crippen molar-refractivity contribution < 1.29 is 38.7 Å². The molecule has 0 saturated heterocycles. The van der Waals surface area contributed by atoms with E-state index in [-0.39, 0.29) is 54.6 Å². The number of rotatable bonds is 16. The highest BCUT2D eigenvalue weighted by atomic mass is 16.6. The normalized spacial score (nSPS) is 11.9. The minimum Gasteiger partial charge on any atom is -0.508 e. The SMILES string of the molecule is CC(C)(C)c1cc(CCC(=O)OCCOCCCOCCOC(=O)CCc2ccc(O)cc2)cc(C(C)(C)C)c1O. The largest absolute Gasteiger partial charge is 0.508 e. The van der Waals surface area contributed by atoms with Gasteiger partial charge < -0.3 is 29.2 Å². The molecule has 0 atom stereocenters. The standard InChI is InChI=1S/C33H48O8/c1-32(2,3)27-22-25(23-28(31(27)37)33(4,5)6)11-15-30(36)41-21-19-39-17-7-16-38-18-20-40-29(35)14-10-24-8-12-26(34)13-9-24/h8-9,12-13,22-23,34,37H,7,10-11,14-21H2,1-6H3. The Kier molecular flexibility index (Phi) is 13.6. The minimum atomic E-state index is -0.285. The number of aryl methyl sites for hydroxylation is 2. The fourth-order valence-corrected chi connectivity index (χ4v) is 4.18. The number of esters is 2. The minimum absolute atomic E-state index is 0.190. The Labute approximate surface area is 245 Å². The summed E-state index contributed by atoms with van der Waals surface area (Å²) in [7, 11) is 0. The summed E-state index contributed by atoms with van der Waals surface area (Å²) in [6.45, 7) is 14.4. The molecular weight excluding hydrogens is 524 g/mol. The molecule has 0 aliphatic rings. The average Bonchev–Trinajstić information content (AvgIpc) is 2.89. The Hall–Kier alpha value is -3.10. The molecule has 2 N–H and O–H groups in total. The number of carbonyl (C=O) groups is 2. The summed E-state index contributed by atoms with van der Waals surface area (Å²) in [6.07, 6.45) is 2.30. The highest BCUT2D eigenvalue weighted by Crippen LogP contribution is 2.40. The predicted octanol–water partition coefficient (Wildman–Crippen LogP) is 5.77. The molecule has 0 heterocycles. The van der Waals surface area contributed by atoms with Gasteiger partial charge in [-0.05, 0) is 64.5 Å². The van der Waals surface area contributed by atoms with Crippen LogP contribution in [0.15, 0.2) is 36.4 Å². The van der Waals surface area contributed by atoms with Gasteiger partial charge in [-0.3, -0.25) is 9.59 Å². The molecule has 8 heteroatoms. The molecule has 0 unspecified atom stereocenters. The van der Waals surface area contributed by atoms with E-state index in [9.17, 15) is 19.8 Å². The van der Waals surface area contributed by atoms with Gasteiger partial charge in [0, 0.05) is 26.1 Å². The molecule has 2 aromatic rings. The van der Waals surface area contributed by atoms with E-state index in [2.05, 4.69) is 41.5 Å². The smallest absolute Gasteiger partial charge is 0.306 e. The third kappa shape index (κ3) is 13.0. The first-order chi connectivity index (χ1) is 19.3. The Morgan fingerprint density at radius 2 is 1.07 bits per heavy atom. The van der Waals surface area contributed by atoms with Crippen LogP contribution in [-0.2, 0) is 52.2 Å². The van der Waals surface area contributed by atoms with Gasteiger partial charge in [0.1, 0.15) is 24.7 Å². The van der Waals surface area contributed by atoms with Gasteiger partial charge >= 0.3 is 11.9 Å². The molecule has 8 nitrogen and oxygen atoms in total. The van der Waals surface area contributed by atoms with Crippen molar-refractivity contribution >= 4 is 11.9 Å². The van der Waals surface area contributed by atoms with Crippen molar-refractivity contribution in [1.29, 1.82) is 0 Å². The number of phenols is 2. The molecular formula is C33H48O8. The van der Waals surface area contributed by atoms with Crippen LogP contribution in [0.4, 0.5) is 0 Å². The number of benzene rings is 2. The van der Waals surface area contributed by atoms with E-state index < -0.39 is 0 Å². The molecule has 0 aliphatic heterocycles. The van der Waals surface area contributed by atoms with Crippen molar-refractivity contribution in [2.24, 2.45) is 0 Å². The van der Waals surface area contributed by atoms with E-state index in [1.165, 1.54) is 0 Å². The first kappa shape index (κ1) is 34.1. The van der Waals surface area contributed by atoms with Crippen molar-refractivity contribution in [3.8, 4) is 11.5 Å². The van der Waals surface area contributed by atoms with Crippen LogP contribution >= 0.6 is 0 Å². The zero-order valence-electron chi connectivity index (χ0n) is 25.6. The quantitative estimate of drug-likeness (QED) is 0.193. The molecule has 2 aromatic carbocycles. The van der Waals surface area contributed by atoms with Crippen molar-refractivity contribution in [3.63, 3.8) is 0 Å². The topological polar surface area (TPSA) is 112 Å². The highest BCUT2D eigenvalue weighted by Gasteiger charge is 2.26. The summed E-state index contributed by atoms with van der Waals surface area (Å²) in [6, 6.07) is 10.7.